The highest BCUT2D eigenvalue weighted by Gasteiger charge is 2.09. The van der Waals surface area contributed by atoms with Crippen LogP contribution in [0.25, 0.3) is 0 Å². The summed E-state index contributed by atoms with van der Waals surface area (Å²) < 4.78 is 0. The summed E-state index contributed by atoms with van der Waals surface area (Å²) >= 11 is 7.60. The zero-order valence-electron chi connectivity index (χ0n) is 11.5. The predicted octanol–water partition coefficient (Wildman–Crippen LogP) is 3.34. The summed E-state index contributed by atoms with van der Waals surface area (Å²) in [4.78, 5) is 15.1. The third-order valence-corrected chi connectivity index (χ3v) is 3.97. The number of thiophene rings is 1. The van der Waals surface area contributed by atoms with Gasteiger partial charge in [-0.25, -0.2) is 0 Å². The van der Waals surface area contributed by atoms with Crippen molar-refractivity contribution in [1.29, 1.82) is 5.26 Å². The fraction of sp³-hybridized carbons (Fsp3) is 0.200. The second-order valence-electron chi connectivity index (χ2n) is 4.61. The summed E-state index contributed by atoms with van der Waals surface area (Å²) in [5.74, 6) is -0.116. The number of carbonyl (C=O) groups is 1. The van der Waals surface area contributed by atoms with E-state index in [9.17, 15) is 4.79 Å². The lowest BCUT2D eigenvalue weighted by Crippen LogP contribution is -2.29. The Kier molecular flexibility index (Phi) is 5.34. The Labute approximate surface area is 132 Å². The molecule has 4 nitrogen and oxygen atoms in total. The number of nitrogens with one attached hydrogen (secondary N) is 1. The van der Waals surface area contributed by atoms with Crippen LogP contribution in [0.4, 0.5) is 5.69 Å². The van der Waals surface area contributed by atoms with Gasteiger partial charge in [0, 0.05) is 17.1 Å². The number of rotatable bonds is 5. The van der Waals surface area contributed by atoms with Crippen LogP contribution < -0.4 is 5.32 Å². The molecule has 6 heteroatoms. The Morgan fingerprint density at radius 2 is 2.29 bits per heavy atom. The standard InChI is InChI=1S/C15H14ClN3OS/c1-19(9-13-3-2-6-21-13)10-15(20)18-12-5-4-11(8-17)14(16)7-12/h2-7H,9-10H2,1H3,(H,18,20). The lowest BCUT2D eigenvalue weighted by molar-refractivity contribution is -0.117. The van der Waals surface area contributed by atoms with E-state index in [-0.39, 0.29) is 12.5 Å². The topological polar surface area (TPSA) is 56.1 Å². The fourth-order valence-corrected chi connectivity index (χ4v) is 2.86. The molecule has 0 radical (unpaired) electrons. The highest BCUT2D eigenvalue weighted by Crippen LogP contribution is 2.20. The Morgan fingerprint density at radius 1 is 1.48 bits per heavy atom. The van der Waals surface area contributed by atoms with Crippen molar-refractivity contribution in [3.05, 3.63) is 51.2 Å². The minimum atomic E-state index is -0.116. The molecule has 1 amide bonds. The van der Waals surface area contributed by atoms with Crippen molar-refractivity contribution in [3.8, 4) is 6.07 Å². The number of benzene rings is 1. The summed E-state index contributed by atoms with van der Waals surface area (Å²) in [7, 11) is 1.89. The van der Waals surface area contributed by atoms with Gasteiger partial charge in [-0.3, -0.25) is 9.69 Å². The van der Waals surface area contributed by atoms with E-state index in [4.69, 9.17) is 16.9 Å². The number of carbonyl (C=O) groups excluding carboxylic acids is 1. The molecule has 1 heterocycles. The molecule has 108 valence electrons. The van der Waals surface area contributed by atoms with E-state index in [2.05, 4.69) is 5.32 Å². The predicted molar refractivity (Wildman–Crippen MR) is 85.4 cm³/mol. The minimum Gasteiger partial charge on any atom is -0.325 e. The number of anilines is 1. The highest BCUT2D eigenvalue weighted by atomic mass is 35.5. The van der Waals surface area contributed by atoms with Gasteiger partial charge in [0.25, 0.3) is 0 Å². The van der Waals surface area contributed by atoms with Gasteiger partial charge in [0.05, 0.1) is 17.1 Å². The fourth-order valence-electron chi connectivity index (χ4n) is 1.85. The first kappa shape index (κ1) is 15.5. The van der Waals surface area contributed by atoms with Crippen molar-refractivity contribution in [1.82, 2.24) is 4.90 Å². The van der Waals surface area contributed by atoms with Crippen molar-refractivity contribution >= 4 is 34.5 Å². The maximum absolute atomic E-state index is 12.0. The number of halogens is 1. The van der Waals surface area contributed by atoms with E-state index < -0.39 is 0 Å². The van der Waals surface area contributed by atoms with Crippen LogP contribution in [0, 0.1) is 11.3 Å². The van der Waals surface area contributed by atoms with Gasteiger partial charge in [0.2, 0.25) is 5.91 Å². The molecule has 0 unspecified atom stereocenters. The number of hydrogen-bond donors (Lipinski definition) is 1. The number of likely N-dealkylation sites (N-methyl/N-ethyl adjacent to an activating group) is 1. The third kappa shape index (κ3) is 4.57. The molecule has 0 aliphatic heterocycles. The first-order valence-electron chi connectivity index (χ1n) is 6.29. The van der Waals surface area contributed by atoms with Crippen LogP contribution in [0.2, 0.25) is 5.02 Å². The van der Waals surface area contributed by atoms with Gasteiger partial charge in [-0.2, -0.15) is 5.26 Å². The number of amides is 1. The lowest BCUT2D eigenvalue weighted by Gasteiger charge is -2.15. The van der Waals surface area contributed by atoms with E-state index in [1.165, 1.54) is 4.88 Å². The molecule has 0 spiro atoms. The van der Waals surface area contributed by atoms with Gasteiger partial charge in [0.15, 0.2) is 0 Å². The van der Waals surface area contributed by atoms with E-state index in [0.717, 1.165) is 6.54 Å². The van der Waals surface area contributed by atoms with Crippen LogP contribution in [-0.2, 0) is 11.3 Å². The number of hydrogen-bond acceptors (Lipinski definition) is 4. The molecule has 2 aromatic rings. The summed E-state index contributed by atoms with van der Waals surface area (Å²) in [6, 6.07) is 10.9. The molecule has 1 aromatic heterocycles. The average molecular weight is 320 g/mol. The average Bonchev–Trinajstić information content (AvgIpc) is 2.91. The normalized spacial score (nSPS) is 10.4. The Hall–Kier alpha value is -1.87. The molecule has 0 saturated heterocycles. The van der Waals surface area contributed by atoms with Gasteiger partial charge < -0.3 is 5.32 Å². The Bertz CT molecular complexity index is 664. The maximum atomic E-state index is 12.0. The van der Waals surface area contributed by atoms with Crippen LogP contribution in [-0.4, -0.2) is 24.4 Å². The van der Waals surface area contributed by atoms with E-state index in [1.54, 1.807) is 29.5 Å². The molecule has 1 N–H and O–H groups in total. The van der Waals surface area contributed by atoms with Crippen LogP contribution >= 0.6 is 22.9 Å². The number of nitriles is 1. The van der Waals surface area contributed by atoms with Crippen LogP contribution in [0.1, 0.15) is 10.4 Å². The van der Waals surface area contributed by atoms with E-state index in [1.807, 2.05) is 35.5 Å². The third-order valence-electron chi connectivity index (χ3n) is 2.79. The molecular formula is C15H14ClN3OS. The van der Waals surface area contributed by atoms with Gasteiger partial charge in [-0.15, -0.1) is 11.3 Å². The van der Waals surface area contributed by atoms with Crippen molar-refractivity contribution in [2.75, 3.05) is 18.9 Å². The summed E-state index contributed by atoms with van der Waals surface area (Å²) in [5.41, 5.74) is 0.984. The van der Waals surface area contributed by atoms with Gasteiger partial charge in [-0.1, -0.05) is 17.7 Å². The van der Waals surface area contributed by atoms with Crippen molar-refractivity contribution in [3.63, 3.8) is 0 Å². The van der Waals surface area contributed by atoms with Crippen molar-refractivity contribution in [2.24, 2.45) is 0 Å². The second kappa shape index (κ2) is 7.23. The molecular weight excluding hydrogens is 306 g/mol. The van der Waals surface area contributed by atoms with E-state index >= 15 is 0 Å². The molecule has 0 fully saturated rings. The Morgan fingerprint density at radius 3 is 2.90 bits per heavy atom. The van der Waals surface area contributed by atoms with Gasteiger partial charge in [0.1, 0.15) is 6.07 Å². The minimum absolute atomic E-state index is 0.116. The second-order valence-corrected chi connectivity index (χ2v) is 6.05. The van der Waals surface area contributed by atoms with Crippen molar-refractivity contribution < 1.29 is 4.79 Å². The largest absolute Gasteiger partial charge is 0.325 e. The highest BCUT2D eigenvalue weighted by molar-refractivity contribution is 7.09. The lowest BCUT2D eigenvalue weighted by atomic mass is 10.2. The SMILES string of the molecule is CN(CC(=O)Nc1ccc(C#N)c(Cl)c1)Cc1cccs1. The van der Waals surface area contributed by atoms with Gasteiger partial charge >= 0.3 is 0 Å². The Balaban J connectivity index is 1.89. The first-order chi connectivity index (χ1) is 10.1. The van der Waals surface area contributed by atoms with Gasteiger partial charge in [-0.05, 0) is 36.7 Å². The maximum Gasteiger partial charge on any atom is 0.238 e. The molecule has 0 aliphatic rings. The molecule has 0 bridgehead atoms. The number of nitrogens with zero attached hydrogens (tertiary/aromatic N) is 2. The quantitative estimate of drug-likeness (QED) is 0.919. The summed E-state index contributed by atoms with van der Waals surface area (Å²) in [6.45, 7) is 1.02. The van der Waals surface area contributed by atoms with Crippen LogP contribution in [0.15, 0.2) is 35.7 Å². The molecule has 0 aliphatic carbocycles. The zero-order valence-corrected chi connectivity index (χ0v) is 13.0. The molecule has 21 heavy (non-hydrogen) atoms. The summed E-state index contributed by atoms with van der Waals surface area (Å²) in [5, 5.41) is 13.9. The zero-order chi connectivity index (χ0) is 15.2. The van der Waals surface area contributed by atoms with E-state index in [0.29, 0.717) is 16.3 Å². The summed E-state index contributed by atoms with van der Waals surface area (Å²) in [6.07, 6.45) is 0. The van der Waals surface area contributed by atoms with Crippen LogP contribution in [0.3, 0.4) is 0 Å². The molecule has 2 rings (SSSR count). The van der Waals surface area contributed by atoms with Crippen LogP contribution in [0.5, 0.6) is 0 Å². The molecule has 0 atom stereocenters. The monoisotopic (exact) mass is 319 g/mol. The smallest absolute Gasteiger partial charge is 0.238 e. The molecule has 0 saturated carbocycles. The molecule has 1 aromatic carbocycles. The van der Waals surface area contributed by atoms with Crippen molar-refractivity contribution in [2.45, 2.75) is 6.54 Å². The first-order valence-corrected chi connectivity index (χ1v) is 7.54.